The largest absolute Gasteiger partial charge is 0.504 e. The first-order valence-electron chi connectivity index (χ1n) is 7.31. The van der Waals surface area contributed by atoms with Gasteiger partial charge in [-0.15, -0.1) is 0 Å². The number of aliphatic hydroxyl groups is 2. The molecule has 1 aromatic rings. The smallest absolute Gasteiger partial charge is 0.338 e. The van der Waals surface area contributed by atoms with Gasteiger partial charge < -0.3 is 29.9 Å². The van der Waals surface area contributed by atoms with Crippen molar-refractivity contribution in [3.05, 3.63) is 29.8 Å². The van der Waals surface area contributed by atoms with Gasteiger partial charge in [-0.1, -0.05) is 6.07 Å². The summed E-state index contributed by atoms with van der Waals surface area (Å²) in [5.41, 5.74) is -1.39. The van der Waals surface area contributed by atoms with Gasteiger partial charge in [0.05, 0.1) is 6.10 Å². The topological polar surface area (TPSA) is 134 Å². The van der Waals surface area contributed by atoms with Gasteiger partial charge in [-0.25, -0.2) is 9.59 Å². The average molecular weight is 336 g/mol. The van der Waals surface area contributed by atoms with E-state index in [2.05, 4.69) is 0 Å². The molecule has 8 nitrogen and oxygen atoms in total. The number of ether oxygens (including phenoxy) is 2. The molecule has 4 atom stereocenters. The van der Waals surface area contributed by atoms with Gasteiger partial charge >= 0.3 is 11.9 Å². The van der Waals surface area contributed by atoms with Crippen LogP contribution in [0.2, 0.25) is 0 Å². The van der Waals surface area contributed by atoms with Crippen LogP contribution in [-0.4, -0.2) is 56.3 Å². The molecule has 1 aromatic carbocycles. The maximum atomic E-state index is 11.9. The molecule has 128 valence electrons. The fourth-order valence-corrected chi connectivity index (χ4v) is 2.90. The zero-order valence-corrected chi connectivity index (χ0v) is 12.5. The molecule has 2 unspecified atom stereocenters. The van der Waals surface area contributed by atoms with Crippen LogP contribution >= 0.6 is 0 Å². The lowest BCUT2D eigenvalue weighted by Crippen LogP contribution is -2.65. The third-order valence-corrected chi connectivity index (χ3v) is 4.13. The summed E-state index contributed by atoms with van der Waals surface area (Å²) in [4.78, 5) is 23.4. The molecule has 1 saturated carbocycles. The second-order valence-electron chi connectivity index (χ2n) is 5.93. The monoisotopic (exact) mass is 336 g/mol. The average Bonchev–Trinajstić information content (AvgIpc) is 2.50. The summed E-state index contributed by atoms with van der Waals surface area (Å²) in [7, 11) is 0. The fourth-order valence-electron chi connectivity index (χ4n) is 2.90. The van der Waals surface area contributed by atoms with E-state index in [1.165, 1.54) is 24.3 Å². The molecule has 2 saturated heterocycles. The minimum Gasteiger partial charge on any atom is -0.504 e. The molecule has 3 aliphatic rings. The van der Waals surface area contributed by atoms with Gasteiger partial charge in [0.1, 0.15) is 6.10 Å². The standard InChI is InChI=1S/C16H16O8/c17-9-3-1-8(5-10(9)18)2-4-13(20)23-12-7-16(22)6-11(19)14(12)24-15(16)21/h1-5,11-12,14,17-19,22H,6-7H2/b4-2+/t11?,12?,14-,16-/m1/s1. The van der Waals surface area contributed by atoms with Crippen molar-refractivity contribution in [2.75, 3.05) is 0 Å². The van der Waals surface area contributed by atoms with Crippen LogP contribution in [0.15, 0.2) is 24.3 Å². The highest BCUT2D eigenvalue weighted by atomic mass is 16.6. The van der Waals surface area contributed by atoms with Crippen molar-refractivity contribution in [3.63, 3.8) is 0 Å². The summed E-state index contributed by atoms with van der Waals surface area (Å²) in [5.74, 6) is -2.18. The number of phenolic OH excluding ortho intramolecular Hbond substituents is 2. The number of benzene rings is 1. The Kier molecular flexibility index (Phi) is 3.94. The van der Waals surface area contributed by atoms with Crippen molar-refractivity contribution in [2.45, 2.75) is 36.8 Å². The van der Waals surface area contributed by atoms with Crippen molar-refractivity contribution in [3.8, 4) is 11.5 Å². The summed E-state index contributed by atoms with van der Waals surface area (Å²) in [5, 5.41) is 38.5. The molecule has 2 bridgehead atoms. The predicted octanol–water partition coefficient (Wildman–Crippen LogP) is -0.166. The first kappa shape index (κ1) is 16.3. The highest BCUT2D eigenvalue weighted by molar-refractivity contribution is 5.88. The van der Waals surface area contributed by atoms with Gasteiger partial charge in [-0.05, 0) is 23.8 Å². The summed E-state index contributed by atoms with van der Waals surface area (Å²) in [6, 6.07) is 4.01. The molecule has 4 rings (SSSR count). The third kappa shape index (κ3) is 2.93. The van der Waals surface area contributed by atoms with E-state index in [-0.39, 0.29) is 24.3 Å². The number of rotatable bonds is 3. The second kappa shape index (κ2) is 5.81. The maximum Gasteiger partial charge on any atom is 0.338 e. The van der Waals surface area contributed by atoms with E-state index in [0.29, 0.717) is 5.56 Å². The maximum absolute atomic E-state index is 11.9. The lowest BCUT2D eigenvalue weighted by Gasteiger charge is -2.47. The number of fused-ring (bicyclic) bond motifs is 3. The Morgan fingerprint density at radius 1 is 1.29 bits per heavy atom. The third-order valence-electron chi connectivity index (χ3n) is 4.13. The van der Waals surface area contributed by atoms with Crippen molar-refractivity contribution in [1.29, 1.82) is 0 Å². The van der Waals surface area contributed by atoms with Crippen LogP contribution < -0.4 is 0 Å². The summed E-state index contributed by atoms with van der Waals surface area (Å²) < 4.78 is 10.1. The number of carbonyl (C=O) groups excluding carboxylic acids is 2. The number of esters is 2. The highest BCUT2D eigenvalue weighted by Crippen LogP contribution is 2.39. The molecule has 0 aromatic heterocycles. The number of aromatic hydroxyl groups is 2. The normalized spacial score (nSPS) is 31.9. The lowest BCUT2D eigenvalue weighted by molar-refractivity contribution is -0.243. The molecule has 0 amide bonds. The highest BCUT2D eigenvalue weighted by Gasteiger charge is 2.58. The second-order valence-corrected chi connectivity index (χ2v) is 5.93. The van der Waals surface area contributed by atoms with Crippen LogP contribution in [0.3, 0.4) is 0 Å². The van der Waals surface area contributed by atoms with E-state index in [4.69, 9.17) is 9.47 Å². The number of hydrogen-bond donors (Lipinski definition) is 4. The van der Waals surface area contributed by atoms with E-state index in [1.54, 1.807) is 0 Å². The van der Waals surface area contributed by atoms with Gasteiger partial charge in [0, 0.05) is 18.9 Å². The molecule has 8 heteroatoms. The molecule has 2 aliphatic heterocycles. The number of phenols is 2. The minimum absolute atomic E-state index is 0.132. The zero-order chi connectivity index (χ0) is 17.5. The Labute approximate surface area is 136 Å². The van der Waals surface area contributed by atoms with Gasteiger partial charge in [-0.2, -0.15) is 0 Å². The quantitative estimate of drug-likeness (QED) is 0.340. The van der Waals surface area contributed by atoms with Gasteiger partial charge in [0.25, 0.3) is 0 Å². The first-order valence-corrected chi connectivity index (χ1v) is 7.31. The molecule has 1 aliphatic carbocycles. The van der Waals surface area contributed by atoms with Crippen molar-refractivity contribution in [2.24, 2.45) is 0 Å². The van der Waals surface area contributed by atoms with E-state index in [0.717, 1.165) is 6.08 Å². The van der Waals surface area contributed by atoms with Crippen LogP contribution in [0.1, 0.15) is 18.4 Å². The zero-order valence-electron chi connectivity index (χ0n) is 12.5. The molecule has 0 radical (unpaired) electrons. The fraction of sp³-hybridized carbons (Fsp3) is 0.375. The SMILES string of the molecule is O=C(/C=C/c1ccc(O)c(O)c1)OC1C[C@]2(O)CC(O)[C@H]1OC2=O. The van der Waals surface area contributed by atoms with Gasteiger partial charge in [0.15, 0.2) is 23.2 Å². The van der Waals surface area contributed by atoms with Crippen molar-refractivity contribution < 1.29 is 39.5 Å². The van der Waals surface area contributed by atoms with E-state index in [1.807, 2.05) is 0 Å². The van der Waals surface area contributed by atoms with Crippen LogP contribution in [0.25, 0.3) is 6.08 Å². The van der Waals surface area contributed by atoms with Crippen LogP contribution in [0.5, 0.6) is 11.5 Å². The molecular formula is C16H16O8. The van der Waals surface area contributed by atoms with Crippen LogP contribution in [0, 0.1) is 0 Å². The molecule has 4 N–H and O–H groups in total. The summed E-state index contributed by atoms with van der Waals surface area (Å²) >= 11 is 0. The first-order chi connectivity index (χ1) is 11.3. The number of hydrogen-bond acceptors (Lipinski definition) is 8. The lowest BCUT2D eigenvalue weighted by atomic mass is 9.76. The van der Waals surface area contributed by atoms with Crippen molar-refractivity contribution in [1.82, 2.24) is 0 Å². The van der Waals surface area contributed by atoms with Gasteiger partial charge in [0.2, 0.25) is 0 Å². The molecule has 24 heavy (non-hydrogen) atoms. The Morgan fingerprint density at radius 3 is 2.71 bits per heavy atom. The van der Waals surface area contributed by atoms with Gasteiger partial charge in [-0.3, -0.25) is 0 Å². The molecule has 3 fully saturated rings. The Balaban J connectivity index is 1.66. The Morgan fingerprint density at radius 2 is 2.04 bits per heavy atom. The number of aliphatic hydroxyl groups excluding tert-OH is 1. The van der Waals surface area contributed by atoms with Crippen LogP contribution in [0.4, 0.5) is 0 Å². The van der Waals surface area contributed by atoms with E-state index >= 15 is 0 Å². The molecule has 2 heterocycles. The molecule has 0 spiro atoms. The molecular weight excluding hydrogens is 320 g/mol. The van der Waals surface area contributed by atoms with E-state index < -0.39 is 35.9 Å². The summed E-state index contributed by atoms with van der Waals surface area (Å²) in [6.07, 6.45) is -0.868. The summed E-state index contributed by atoms with van der Waals surface area (Å²) in [6.45, 7) is 0. The predicted molar refractivity (Wildman–Crippen MR) is 78.8 cm³/mol. The van der Waals surface area contributed by atoms with E-state index in [9.17, 15) is 30.0 Å². The van der Waals surface area contributed by atoms with Crippen LogP contribution in [-0.2, 0) is 19.1 Å². The minimum atomic E-state index is -1.84. The Bertz CT molecular complexity index is 712. The number of carbonyl (C=O) groups is 2. The Hall–Kier alpha value is -2.58. The van der Waals surface area contributed by atoms with Crippen molar-refractivity contribution >= 4 is 18.0 Å².